The van der Waals surface area contributed by atoms with Crippen LogP contribution in [0.2, 0.25) is 0 Å². The van der Waals surface area contributed by atoms with Gasteiger partial charge in [-0.1, -0.05) is 0 Å². The molecule has 13 heteroatoms. The van der Waals surface area contributed by atoms with Gasteiger partial charge in [0, 0.05) is 42.9 Å². The van der Waals surface area contributed by atoms with E-state index in [-0.39, 0.29) is 16.3 Å². The Morgan fingerprint density at radius 3 is 2.39 bits per heavy atom. The van der Waals surface area contributed by atoms with Crippen LogP contribution in [0, 0.1) is 0 Å². The van der Waals surface area contributed by atoms with Crippen LogP contribution in [0.25, 0.3) is 11.1 Å². The topological polar surface area (TPSA) is 149 Å². The molecule has 1 aliphatic heterocycles. The molecule has 1 fully saturated rings. The van der Waals surface area contributed by atoms with Gasteiger partial charge >= 0.3 is 0 Å². The number of sulfone groups is 1. The van der Waals surface area contributed by atoms with Crippen LogP contribution in [0.5, 0.6) is 0 Å². The first-order valence-electron chi connectivity index (χ1n) is 11.0. The lowest BCUT2D eigenvalue weighted by molar-refractivity contribution is -0.0318. The summed E-state index contributed by atoms with van der Waals surface area (Å²) < 4.78 is 32.3. The molecule has 0 amide bonds. The van der Waals surface area contributed by atoms with E-state index in [1.165, 1.54) is 12.5 Å². The minimum Gasteiger partial charge on any atom is -0.376 e. The molecule has 0 atom stereocenters. The van der Waals surface area contributed by atoms with Crippen molar-refractivity contribution < 1.29 is 13.2 Å². The molecule has 186 valence electrons. The second-order valence-corrected chi connectivity index (χ2v) is 10.8. The first-order valence-corrected chi connectivity index (χ1v) is 12.9. The molecule has 0 radical (unpaired) electrons. The monoisotopic (exact) mass is 507 g/mol. The molecule has 1 saturated heterocycles. The Kier molecular flexibility index (Phi) is 6.02. The van der Waals surface area contributed by atoms with E-state index >= 15 is 0 Å². The number of nitrogens with zero attached hydrogens (tertiary/aromatic N) is 6. The Morgan fingerprint density at radius 1 is 1.00 bits per heavy atom. The lowest BCUT2D eigenvalue weighted by Gasteiger charge is -2.39. The molecule has 12 nitrogen and oxygen atoms in total. The van der Waals surface area contributed by atoms with E-state index in [1.807, 2.05) is 12.1 Å². The SMILES string of the molecule is Cn1cc(-c2ccnc(Nc3cc(Nc4ccc(NC5(C)COC5)cn4)ncn3)c2S(C)(=O)=O)cn1. The zero-order valence-corrected chi connectivity index (χ0v) is 20.7. The number of aryl methyl sites for hydroxylation is 1. The molecule has 0 aromatic carbocycles. The Bertz CT molecular complexity index is 1500. The molecule has 3 N–H and O–H groups in total. The third-order valence-electron chi connectivity index (χ3n) is 5.51. The zero-order chi connectivity index (χ0) is 25.3. The number of pyridine rings is 2. The third kappa shape index (κ3) is 5.11. The van der Waals surface area contributed by atoms with Gasteiger partial charge in [0.25, 0.3) is 0 Å². The number of aromatic nitrogens is 6. The average molecular weight is 508 g/mol. The highest BCUT2D eigenvalue weighted by Gasteiger charge is 2.33. The summed E-state index contributed by atoms with van der Waals surface area (Å²) in [4.78, 5) is 17.2. The van der Waals surface area contributed by atoms with E-state index < -0.39 is 9.84 Å². The molecule has 0 spiro atoms. The van der Waals surface area contributed by atoms with Crippen LogP contribution in [0.1, 0.15) is 6.92 Å². The van der Waals surface area contributed by atoms with Crippen LogP contribution in [0.3, 0.4) is 0 Å². The van der Waals surface area contributed by atoms with Gasteiger partial charge in [-0.25, -0.2) is 28.4 Å². The van der Waals surface area contributed by atoms with Crippen LogP contribution in [0.4, 0.5) is 29.0 Å². The normalized spacial score (nSPS) is 14.6. The van der Waals surface area contributed by atoms with Gasteiger partial charge < -0.3 is 20.7 Å². The van der Waals surface area contributed by atoms with Gasteiger partial charge in [-0.05, 0) is 25.1 Å². The molecule has 0 bridgehead atoms. The zero-order valence-electron chi connectivity index (χ0n) is 19.9. The summed E-state index contributed by atoms with van der Waals surface area (Å²) >= 11 is 0. The van der Waals surface area contributed by atoms with E-state index in [2.05, 4.69) is 47.9 Å². The minimum atomic E-state index is -3.64. The Hall–Kier alpha value is -4.10. The first kappa shape index (κ1) is 23.6. The van der Waals surface area contributed by atoms with E-state index in [1.54, 1.807) is 42.5 Å². The van der Waals surface area contributed by atoms with Gasteiger partial charge in [0.05, 0.1) is 36.8 Å². The lowest BCUT2D eigenvalue weighted by Crippen LogP contribution is -2.53. The fourth-order valence-electron chi connectivity index (χ4n) is 3.82. The maximum Gasteiger partial charge on any atom is 0.179 e. The molecule has 36 heavy (non-hydrogen) atoms. The van der Waals surface area contributed by atoms with Crippen molar-refractivity contribution in [1.82, 2.24) is 29.7 Å². The maximum absolute atomic E-state index is 12.7. The first-order chi connectivity index (χ1) is 17.2. The number of hydrogen-bond acceptors (Lipinski definition) is 11. The average Bonchev–Trinajstić information content (AvgIpc) is 3.25. The van der Waals surface area contributed by atoms with E-state index in [4.69, 9.17) is 4.74 Å². The van der Waals surface area contributed by atoms with Crippen molar-refractivity contribution in [3.05, 3.63) is 55.4 Å². The molecule has 0 saturated carbocycles. The molecule has 0 unspecified atom stereocenters. The number of nitrogens with one attached hydrogen (secondary N) is 3. The summed E-state index contributed by atoms with van der Waals surface area (Å²) in [6.45, 7) is 3.41. The summed E-state index contributed by atoms with van der Waals surface area (Å²) in [6.07, 6.45) is 9.13. The molecule has 5 heterocycles. The predicted molar refractivity (Wildman–Crippen MR) is 135 cm³/mol. The van der Waals surface area contributed by atoms with Crippen LogP contribution in [0.15, 0.2) is 60.3 Å². The maximum atomic E-state index is 12.7. The predicted octanol–water partition coefficient (Wildman–Crippen LogP) is 2.76. The molecule has 4 aromatic heterocycles. The molecular formula is C23H25N9O3S. The molecule has 0 aliphatic carbocycles. The van der Waals surface area contributed by atoms with Crippen molar-refractivity contribution in [2.75, 3.05) is 35.4 Å². The van der Waals surface area contributed by atoms with Crippen molar-refractivity contribution in [2.24, 2.45) is 7.05 Å². The van der Waals surface area contributed by atoms with Crippen molar-refractivity contribution >= 4 is 38.8 Å². The molecule has 1 aliphatic rings. The summed E-state index contributed by atoms with van der Waals surface area (Å²) in [5, 5.41) is 13.7. The lowest BCUT2D eigenvalue weighted by atomic mass is 10.0. The smallest absolute Gasteiger partial charge is 0.179 e. The highest BCUT2D eigenvalue weighted by Crippen LogP contribution is 2.33. The van der Waals surface area contributed by atoms with Crippen LogP contribution >= 0.6 is 0 Å². The van der Waals surface area contributed by atoms with Gasteiger partial charge in [-0.2, -0.15) is 5.10 Å². The number of rotatable bonds is 8. The van der Waals surface area contributed by atoms with Gasteiger partial charge in [0.1, 0.15) is 28.7 Å². The van der Waals surface area contributed by atoms with E-state index in [0.29, 0.717) is 41.8 Å². The molecule has 4 aromatic rings. The Morgan fingerprint density at radius 2 is 1.78 bits per heavy atom. The fourth-order valence-corrected chi connectivity index (χ4v) is 4.86. The summed E-state index contributed by atoms with van der Waals surface area (Å²) in [5.41, 5.74) is 1.98. The van der Waals surface area contributed by atoms with E-state index in [9.17, 15) is 8.42 Å². The molecular weight excluding hydrogens is 482 g/mol. The van der Waals surface area contributed by atoms with Crippen molar-refractivity contribution in [3.63, 3.8) is 0 Å². The third-order valence-corrected chi connectivity index (χ3v) is 6.67. The van der Waals surface area contributed by atoms with Gasteiger partial charge in [-0.15, -0.1) is 0 Å². The summed E-state index contributed by atoms with van der Waals surface area (Å²) in [6, 6.07) is 7.05. The highest BCUT2D eigenvalue weighted by atomic mass is 32.2. The number of hydrogen-bond donors (Lipinski definition) is 3. The standard InChI is InChI=1S/C23H25N9O3S/c1-23(12-35-13-23)31-16-4-5-18(25-10-16)29-19-8-20(27-14-26-19)30-22-21(36(3,33)34)17(6-7-24-22)15-9-28-32(2)11-15/h4-11,14,31H,12-13H2,1-3H3,(H2,24,25,26,27,29,30). The number of anilines is 5. The van der Waals surface area contributed by atoms with Gasteiger partial charge in [-0.3, -0.25) is 4.68 Å². The second-order valence-electron chi connectivity index (χ2n) is 8.86. The van der Waals surface area contributed by atoms with Gasteiger partial charge in [0.2, 0.25) is 0 Å². The fraction of sp³-hybridized carbons (Fsp3) is 0.261. The Balaban J connectivity index is 1.37. The highest BCUT2D eigenvalue weighted by molar-refractivity contribution is 7.91. The van der Waals surface area contributed by atoms with Crippen LogP contribution < -0.4 is 16.0 Å². The van der Waals surface area contributed by atoms with Crippen molar-refractivity contribution in [2.45, 2.75) is 17.4 Å². The second kappa shape index (κ2) is 9.17. The summed E-state index contributed by atoms with van der Waals surface area (Å²) in [7, 11) is -1.88. The molecule has 5 rings (SSSR count). The summed E-state index contributed by atoms with van der Waals surface area (Å²) in [5.74, 6) is 1.59. The number of ether oxygens (including phenoxy) is 1. The van der Waals surface area contributed by atoms with Crippen molar-refractivity contribution in [1.29, 1.82) is 0 Å². The quantitative estimate of drug-likeness (QED) is 0.323. The van der Waals surface area contributed by atoms with Crippen LogP contribution in [-0.2, 0) is 21.6 Å². The largest absolute Gasteiger partial charge is 0.376 e. The minimum absolute atomic E-state index is 0.0569. The van der Waals surface area contributed by atoms with Gasteiger partial charge in [0.15, 0.2) is 15.7 Å². The van der Waals surface area contributed by atoms with Crippen molar-refractivity contribution in [3.8, 4) is 11.1 Å². The van der Waals surface area contributed by atoms with E-state index in [0.717, 1.165) is 11.9 Å². The van der Waals surface area contributed by atoms with Crippen LogP contribution in [-0.4, -0.2) is 63.1 Å². The Labute approximate surface area is 208 Å².